The lowest BCUT2D eigenvalue weighted by Gasteiger charge is -2.33. The van der Waals surface area contributed by atoms with Crippen LogP contribution in [0.5, 0.6) is 0 Å². The molecular formula is C13H26N2O2. The Kier molecular flexibility index (Phi) is 5.22. The standard InChI is InChI=1S/C13H26N2O2/c14-7-13(11-4-2-6-17-9-11)15-12-5-1-3-10(12)8-16/h10-13,15-16H,1-9,14H2. The Morgan fingerprint density at radius 2 is 2.18 bits per heavy atom. The smallest absolute Gasteiger partial charge is 0.0509 e. The minimum Gasteiger partial charge on any atom is -0.396 e. The lowest BCUT2D eigenvalue weighted by molar-refractivity contribution is 0.0369. The Hall–Kier alpha value is -0.160. The summed E-state index contributed by atoms with van der Waals surface area (Å²) in [6, 6.07) is 0.808. The minimum absolute atomic E-state index is 0.302. The molecule has 4 unspecified atom stereocenters. The summed E-state index contributed by atoms with van der Waals surface area (Å²) in [5.41, 5.74) is 5.89. The summed E-state index contributed by atoms with van der Waals surface area (Å²) in [4.78, 5) is 0. The van der Waals surface area contributed by atoms with E-state index in [9.17, 15) is 5.11 Å². The average molecular weight is 242 g/mol. The van der Waals surface area contributed by atoms with Crippen molar-refractivity contribution in [2.75, 3.05) is 26.4 Å². The Morgan fingerprint density at radius 3 is 2.82 bits per heavy atom. The van der Waals surface area contributed by atoms with Gasteiger partial charge in [-0.2, -0.15) is 0 Å². The maximum atomic E-state index is 9.34. The monoisotopic (exact) mass is 242 g/mol. The number of nitrogens with two attached hydrogens (primary N) is 1. The van der Waals surface area contributed by atoms with Crippen molar-refractivity contribution in [3.8, 4) is 0 Å². The number of rotatable bonds is 5. The number of aliphatic hydroxyl groups excluding tert-OH is 1. The number of hydrogen-bond donors (Lipinski definition) is 3. The first-order valence-electron chi connectivity index (χ1n) is 7.00. The van der Waals surface area contributed by atoms with Crippen molar-refractivity contribution >= 4 is 0 Å². The first kappa shape index (κ1) is 13.3. The third-order valence-electron chi connectivity index (χ3n) is 4.34. The first-order valence-corrected chi connectivity index (χ1v) is 7.00. The number of aliphatic hydroxyl groups is 1. The van der Waals surface area contributed by atoms with E-state index in [1.165, 1.54) is 19.3 Å². The van der Waals surface area contributed by atoms with E-state index >= 15 is 0 Å². The number of hydrogen-bond acceptors (Lipinski definition) is 4. The third kappa shape index (κ3) is 3.41. The van der Waals surface area contributed by atoms with Gasteiger partial charge in [-0.05, 0) is 37.5 Å². The molecule has 4 heteroatoms. The van der Waals surface area contributed by atoms with Crippen molar-refractivity contribution in [2.45, 2.75) is 44.2 Å². The van der Waals surface area contributed by atoms with Gasteiger partial charge in [0.2, 0.25) is 0 Å². The van der Waals surface area contributed by atoms with E-state index in [2.05, 4.69) is 5.32 Å². The highest BCUT2D eigenvalue weighted by Gasteiger charge is 2.31. The maximum absolute atomic E-state index is 9.34. The quantitative estimate of drug-likeness (QED) is 0.656. The molecule has 0 spiro atoms. The molecule has 1 aliphatic carbocycles. The summed E-state index contributed by atoms with van der Waals surface area (Å²) >= 11 is 0. The fraction of sp³-hybridized carbons (Fsp3) is 1.00. The molecule has 17 heavy (non-hydrogen) atoms. The van der Waals surface area contributed by atoms with Gasteiger partial charge in [0.05, 0.1) is 6.61 Å². The van der Waals surface area contributed by atoms with Crippen LogP contribution in [0.15, 0.2) is 0 Å². The molecule has 0 bridgehead atoms. The normalized spacial score (nSPS) is 36.0. The highest BCUT2D eigenvalue weighted by atomic mass is 16.5. The second-order valence-corrected chi connectivity index (χ2v) is 5.47. The van der Waals surface area contributed by atoms with Crippen LogP contribution in [0.1, 0.15) is 32.1 Å². The van der Waals surface area contributed by atoms with Gasteiger partial charge in [0, 0.05) is 31.8 Å². The van der Waals surface area contributed by atoms with Gasteiger partial charge in [-0.1, -0.05) is 6.42 Å². The van der Waals surface area contributed by atoms with E-state index in [0.29, 0.717) is 37.1 Å². The summed E-state index contributed by atoms with van der Waals surface area (Å²) in [6.45, 7) is 2.71. The van der Waals surface area contributed by atoms with Gasteiger partial charge in [0.1, 0.15) is 0 Å². The van der Waals surface area contributed by atoms with E-state index in [1.54, 1.807) is 0 Å². The molecule has 1 saturated heterocycles. The molecule has 0 aromatic rings. The van der Waals surface area contributed by atoms with Gasteiger partial charge in [0.25, 0.3) is 0 Å². The molecule has 2 rings (SSSR count). The van der Waals surface area contributed by atoms with Crippen molar-refractivity contribution in [2.24, 2.45) is 17.6 Å². The van der Waals surface area contributed by atoms with Crippen LogP contribution in [-0.4, -0.2) is 43.6 Å². The first-order chi connectivity index (χ1) is 8.35. The lowest BCUT2D eigenvalue weighted by Crippen LogP contribution is -2.50. The summed E-state index contributed by atoms with van der Waals surface area (Å²) in [5, 5.41) is 13.0. The van der Waals surface area contributed by atoms with E-state index in [4.69, 9.17) is 10.5 Å². The van der Waals surface area contributed by atoms with Crippen LogP contribution in [-0.2, 0) is 4.74 Å². The van der Waals surface area contributed by atoms with Crippen molar-refractivity contribution in [3.05, 3.63) is 0 Å². The number of ether oxygens (including phenoxy) is 1. The molecule has 0 radical (unpaired) electrons. The molecule has 4 atom stereocenters. The Morgan fingerprint density at radius 1 is 1.29 bits per heavy atom. The summed E-state index contributed by atoms with van der Waals surface area (Å²) in [6.07, 6.45) is 5.91. The second-order valence-electron chi connectivity index (χ2n) is 5.47. The van der Waals surface area contributed by atoms with Gasteiger partial charge >= 0.3 is 0 Å². The molecule has 1 saturated carbocycles. The van der Waals surface area contributed by atoms with E-state index in [0.717, 1.165) is 26.1 Å². The van der Waals surface area contributed by atoms with Gasteiger partial charge < -0.3 is 20.9 Å². The third-order valence-corrected chi connectivity index (χ3v) is 4.34. The zero-order valence-electron chi connectivity index (χ0n) is 10.6. The van der Waals surface area contributed by atoms with E-state index < -0.39 is 0 Å². The predicted molar refractivity (Wildman–Crippen MR) is 67.7 cm³/mol. The zero-order valence-corrected chi connectivity index (χ0v) is 10.6. The minimum atomic E-state index is 0.302. The largest absolute Gasteiger partial charge is 0.396 e. The van der Waals surface area contributed by atoms with Gasteiger partial charge in [0.15, 0.2) is 0 Å². The Bertz CT molecular complexity index is 219. The van der Waals surface area contributed by atoms with Crippen LogP contribution < -0.4 is 11.1 Å². The van der Waals surface area contributed by atoms with E-state index in [-0.39, 0.29) is 0 Å². The topological polar surface area (TPSA) is 67.5 Å². The zero-order chi connectivity index (χ0) is 12.1. The Balaban J connectivity index is 1.85. The molecule has 2 fully saturated rings. The van der Waals surface area contributed by atoms with Crippen LogP contribution in [0.3, 0.4) is 0 Å². The highest BCUT2D eigenvalue weighted by molar-refractivity contribution is 4.88. The fourth-order valence-electron chi connectivity index (χ4n) is 3.23. The average Bonchev–Trinajstić information content (AvgIpc) is 2.84. The molecule has 0 aromatic carbocycles. The molecule has 100 valence electrons. The van der Waals surface area contributed by atoms with Gasteiger partial charge in [-0.15, -0.1) is 0 Å². The fourth-order valence-corrected chi connectivity index (χ4v) is 3.23. The molecule has 4 nitrogen and oxygen atoms in total. The molecular weight excluding hydrogens is 216 g/mol. The summed E-state index contributed by atoms with van der Waals surface area (Å²) in [7, 11) is 0. The van der Waals surface area contributed by atoms with Gasteiger partial charge in [-0.3, -0.25) is 0 Å². The van der Waals surface area contributed by atoms with Crippen LogP contribution >= 0.6 is 0 Å². The Labute approximate surface area is 104 Å². The van der Waals surface area contributed by atoms with Crippen molar-refractivity contribution in [1.29, 1.82) is 0 Å². The van der Waals surface area contributed by atoms with Crippen molar-refractivity contribution in [3.63, 3.8) is 0 Å². The van der Waals surface area contributed by atoms with Crippen molar-refractivity contribution in [1.82, 2.24) is 5.32 Å². The molecule has 1 aliphatic heterocycles. The summed E-state index contributed by atoms with van der Waals surface area (Å²) < 4.78 is 5.54. The van der Waals surface area contributed by atoms with Crippen LogP contribution in [0.2, 0.25) is 0 Å². The molecule has 0 amide bonds. The maximum Gasteiger partial charge on any atom is 0.0509 e. The highest BCUT2D eigenvalue weighted by Crippen LogP contribution is 2.27. The second kappa shape index (κ2) is 6.69. The molecule has 2 aliphatic rings. The van der Waals surface area contributed by atoms with Crippen LogP contribution in [0.4, 0.5) is 0 Å². The van der Waals surface area contributed by atoms with E-state index in [1.807, 2.05) is 0 Å². The molecule has 4 N–H and O–H groups in total. The summed E-state index contributed by atoms with van der Waals surface area (Å²) in [5.74, 6) is 0.974. The number of nitrogens with one attached hydrogen (secondary N) is 1. The molecule has 0 aromatic heterocycles. The SMILES string of the molecule is NCC(NC1CCCC1CO)C1CCCOC1. The van der Waals surface area contributed by atoms with Crippen LogP contribution in [0.25, 0.3) is 0 Å². The molecule has 1 heterocycles. The predicted octanol–water partition coefficient (Wildman–Crippen LogP) is 0.491. The van der Waals surface area contributed by atoms with Crippen molar-refractivity contribution < 1.29 is 9.84 Å². The lowest BCUT2D eigenvalue weighted by atomic mass is 9.92. The van der Waals surface area contributed by atoms with Crippen LogP contribution in [0, 0.1) is 11.8 Å². The van der Waals surface area contributed by atoms with Gasteiger partial charge in [-0.25, -0.2) is 0 Å².